The molecule has 2 aromatic carbocycles. The van der Waals surface area contributed by atoms with E-state index in [0.717, 1.165) is 29.2 Å². The number of hydrogen-bond donors (Lipinski definition) is 2. The standard InChI is InChI=1S/C16H17NO3/c18-14-4-1-3-13(10-14)17-11-12-5-6-15-16(9-12)20-8-2-7-19-15/h1,3-6,9-10,17-18H,2,7-8,11H2. The molecular weight excluding hydrogens is 254 g/mol. The molecule has 2 N–H and O–H groups in total. The Morgan fingerprint density at radius 2 is 1.85 bits per heavy atom. The summed E-state index contributed by atoms with van der Waals surface area (Å²) >= 11 is 0. The topological polar surface area (TPSA) is 50.7 Å². The van der Waals surface area contributed by atoms with E-state index in [1.165, 1.54) is 0 Å². The van der Waals surface area contributed by atoms with Gasteiger partial charge in [0, 0.05) is 24.7 Å². The highest BCUT2D eigenvalue weighted by molar-refractivity contribution is 5.49. The lowest BCUT2D eigenvalue weighted by atomic mass is 10.2. The van der Waals surface area contributed by atoms with Gasteiger partial charge in [-0.15, -0.1) is 0 Å². The van der Waals surface area contributed by atoms with Gasteiger partial charge < -0.3 is 19.9 Å². The Bertz CT molecular complexity index is 598. The summed E-state index contributed by atoms with van der Waals surface area (Å²) in [7, 11) is 0. The largest absolute Gasteiger partial charge is 0.508 e. The van der Waals surface area contributed by atoms with Crippen LogP contribution in [0, 0.1) is 0 Å². The van der Waals surface area contributed by atoms with Gasteiger partial charge in [-0.05, 0) is 29.8 Å². The van der Waals surface area contributed by atoms with Gasteiger partial charge in [0.05, 0.1) is 13.2 Å². The Hall–Kier alpha value is -2.36. The maximum atomic E-state index is 9.42. The zero-order valence-corrected chi connectivity index (χ0v) is 11.1. The van der Waals surface area contributed by atoms with Crippen LogP contribution in [0.4, 0.5) is 5.69 Å². The van der Waals surface area contributed by atoms with E-state index in [2.05, 4.69) is 5.32 Å². The minimum atomic E-state index is 0.258. The first-order valence-electron chi connectivity index (χ1n) is 6.73. The Balaban J connectivity index is 1.70. The summed E-state index contributed by atoms with van der Waals surface area (Å²) in [6.07, 6.45) is 0.908. The number of phenols is 1. The van der Waals surface area contributed by atoms with Gasteiger partial charge in [0.1, 0.15) is 5.75 Å². The fourth-order valence-corrected chi connectivity index (χ4v) is 2.14. The number of nitrogens with one attached hydrogen (secondary N) is 1. The summed E-state index contributed by atoms with van der Waals surface area (Å²) in [6, 6.07) is 13.0. The molecular formula is C16H17NO3. The molecule has 0 radical (unpaired) electrons. The maximum Gasteiger partial charge on any atom is 0.161 e. The molecule has 0 spiro atoms. The molecule has 0 fully saturated rings. The van der Waals surface area contributed by atoms with Gasteiger partial charge in [-0.1, -0.05) is 12.1 Å². The summed E-state index contributed by atoms with van der Waals surface area (Å²) in [5.74, 6) is 1.87. The average molecular weight is 271 g/mol. The van der Waals surface area contributed by atoms with Crippen LogP contribution in [0.1, 0.15) is 12.0 Å². The van der Waals surface area contributed by atoms with E-state index in [4.69, 9.17) is 9.47 Å². The lowest BCUT2D eigenvalue weighted by Gasteiger charge is -2.11. The number of aromatic hydroxyl groups is 1. The predicted molar refractivity (Wildman–Crippen MR) is 77.5 cm³/mol. The smallest absolute Gasteiger partial charge is 0.161 e. The van der Waals surface area contributed by atoms with E-state index >= 15 is 0 Å². The molecule has 104 valence electrons. The third-order valence-corrected chi connectivity index (χ3v) is 3.15. The highest BCUT2D eigenvalue weighted by Crippen LogP contribution is 2.30. The van der Waals surface area contributed by atoms with Crippen LogP contribution in [0.15, 0.2) is 42.5 Å². The van der Waals surface area contributed by atoms with Gasteiger partial charge in [-0.3, -0.25) is 0 Å². The Labute approximate surface area is 118 Å². The molecule has 0 aliphatic carbocycles. The van der Waals surface area contributed by atoms with Gasteiger partial charge in [-0.2, -0.15) is 0 Å². The van der Waals surface area contributed by atoms with Crippen molar-refractivity contribution in [1.29, 1.82) is 0 Å². The van der Waals surface area contributed by atoms with Gasteiger partial charge >= 0.3 is 0 Å². The number of phenolic OH excluding ortho intramolecular Hbond substituents is 1. The molecule has 1 aliphatic rings. The van der Waals surface area contributed by atoms with Crippen LogP contribution in [0.2, 0.25) is 0 Å². The Morgan fingerprint density at radius 3 is 2.70 bits per heavy atom. The summed E-state index contributed by atoms with van der Waals surface area (Å²) in [5, 5.41) is 12.7. The summed E-state index contributed by atoms with van der Waals surface area (Å²) in [4.78, 5) is 0. The minimum absolute atomic E-state index is 0.258. The molecule has 0 saturated carbocycles. The first-order valence-corrected chi connectivity index (χ1v) is 6.73. The van der Waals surface area contributed by atoms with Crippen molar-refractivity contribution >= 4 is 5.69 Å². The van der Waals surface area contributed by atoms with E-state index in [-0.39, 0.29) is 5.75 Å². The lowest BCUT2D eigenvalue weighted by Crippen LogP contribution is -2.00. The Kier molecular flexibility index (Phi) is 3.63. The molecule has 20 heavy (non-hydrogen) atoms. The van der Waals surface area contributed by atoms with Gasteiger partial charge in [-0.25, -0.2) is 0 Å². The first kappa shape index (κ1) is 12.7. The molecule has 0 unspecified atom stereocenters. The number of ether oxygens (including phenoxy) is 2. The third-order valence-electron chi connectivity index (χ3n) is 3.15. The Morgan fingerprint density at radius 1 is 1.00 bits per heavy atom. The quantitative estimate of drug-likeness (QED) is 0.900. The number of anilines is 1. The summed E-state index contributed by atoms with van der Waals surface area (Å²) < 4.78 is 11.3. The average Bonchev–Trinajstić information content (AvgIpc) is 2.70. The predicted octanol–water partition coefficient (Wildman–Crippen LogP) is 3.17. The number of fused-ring (bicyclic) bond motifs is 1. The van der Waals surface area contributed by atoms with Crippen molar-refractivity contribution in [2.24, 2.45) is 0 Å². The number of hydrogen-bond acceptors (Lipinski definition) is 4. The second-order valence-corrected chi connectivity index (χ2v) is 4.74. The third kappa shape index (κ3) is 2.96. The maximum absolute atomic E-state index is 9.42. The second kappa shape index (κ2) is 5.74. The van der Waals surface area contributed by atoms with Gasteiger partial charge in [0.15, 0.2) is 11.5 Å². The van der Waals surface area contributed by atoms with Crippen molar-refractivity contribution < 1.29 is 14.6 Å². The zero-order valence-electron chi connectivity index (χ0n) is 11.1. The van der Waals surface area contributed by atoms with Crippen LogP contribution in [-0.4, -0.2) is 18.3 Å². The van der Waals surface area contributed by atoms with Crippen molar-refractivity contribution in [3.8, 4) is 17.2 Å². The fraction of sp³-hybridized carbons (Fsp3) is 0.250. The molecule has 1 heterocycles. The molecule has 0 saturated heterocycles. The van der Waals surface area contributed by atoms with Crippen molar-refractivity contribution in [2.45, 2.75) is 13.0 Å². The lowest BCUT2D eigenvalue weighted by molar-refractivity contribution is 0.297. The van der Waals surface area contributed by atoms with Crippen LogP contribution in [0.25, 0.3) is 0 Å². The molecule has 3 rings (SSSR count). The van der Waals surface area contributed by atoms with Gasteiger partial charge in [0.2, 0.25) is 0 Å². The highest BCUT2D eigenvalue weighted by Gasteiger charge is 2.10. The normalized spacial score (nSPS) is 13.6. The molecule has 0 aromatic heterocycles. The van der Waals surface area contributed by atoms with E-state index in [1.54, 1.807) is 12.1 Å². The van der Waals surface area contributed by atoms with Crippen molar-refractivity contribution in [3.63, 3.8) is 0 Å². The van der Waals surface area contributed by atoms with Crippen LogP contribution in [0.3, 0.4) is 0 Å². The monoisotopic (exact) mass is 271 g/mol. The van der Waals surface area contributed by atoms with Crippen LogP contribution >= 0.6 is 0 Å². The summed E-state index contributed by atoms with van der Waals surface area (Å²) in [6.45, 7) is 2.06. The summed E-state index contributed by atoms with van der Waals surface area (Å²) in [5.41, 5.74) is 2.00. The number of rotatable bonds is 3. The SMILES string of the molecule is Oc1cccc(NCc2ccc3c(c2)OCCCO3)c1. The van der Waals surface area contributed by atoms with E-state index in [0.29, 0.717) is 19.8 Å². The van der Waals surface area contributed by atoms with Crippen molar-refractivity contribution in [3.05, 3.63) is 48.0 Å². The van der Waals surface area contributed by atoms with E-state index < -0.39 is 0 Å². The van der Waals surface area contributed by atoms with Crippen molar-refractivity contribution in [1.82, 2.24) is 0 Å². The first-order chi connectivity index (χ1) is 9.81. The molecule has 0 atom stereocenters. The van der Waals surface area contributed by atoms with Crippen molar-refractivity contribution in [2.75, 3.05) is 18.5 Å². The van der Waals surface area contributed by atoms with E-state index in [1.807, 2.05) is 30.3 Å². The molecule has 4 heteroatoms. The molecule has 1 aliphatic heterocycles. The molecule has 0 amide bonds. The molecule has 2 aromatic rings. The zero-order chi connectivity index (χ0) is 13.8. The number of benzene rings is 2. The van der Waals surface area contributed by atoms with Crippen LogP contribution in [0.5, 0.6) is 17.2 Å². The molecule has 4 nitrogen and oxygen atoms in total. The van der Waals surface area contributed by atoms with Crippen LogP contribution in [-0.2, 0) is 6.54 Å². The van der Waals surface area contributed by atoms with E-state index in [9.17, 15) is 5.11 Å². The minimum Gasteiger partial charge on any atom is -0.508 e. The second-order valence-electron chi connectivity index (χ2n) is 4.74. The fourth-order valence-electron chi connectivity index (χ4n) is 2.14. The van der Waals surface area contributed by atoms with Crippen LogP contribution < -0.4 is 14.8 Å². The molecule has 0 bridgehead atoms. The van der Waals surface area contributed by atoms with Gasteiger partial charge in [0.25, 0.3) is 0 Å². The highest BCUT2D eigenvalue weighted by atomic mass is 16.5.